The smallest absolute Gasteiger partial charge is 0.234 e. The van der Waals surface area contributed by atoms with Gasteiger partial charge in [-0.1, -0.05) is 6.07 Å². The Morgan fingerprint density at radius 2 is 1.96 bits per heavy atom. The van der Waals surface area contributed by atoms with Crippen molar-refractivity contribution in [3.05, 3.63) is 77.0 Å². The SMILES string of the molecule is C[C@@H](C(=O)N(Cc1ccsc1)c1cccnc1)c1cccnc1. The first-order valence-corrected chi connectivity index (χ1v) is 8.32. The number of rotatable bonds is 5. The third kappa shape index (κ3) is 3.63. The number of pyridine rings is 2. The fourth-order valence-electron chi connectivity index (χ4n) is 2.38. The molecule has 0 N–H and O–H groups in total. The molecule has 0 aliphatic carbocycles. The number of carbonyl (C=O) groups is 1. The van der Waals surface area contributed by atoms with Crippen molar-refractivity contribution in [3.8, 4) is 0 Å². The van der Waals surface area contributed by atoms with E-state index in [-0.39, 0.29) is 11.8 Å². The maximum atomic E-state index is 13.0. The van der Waals surface area contributed by atoms with Crippen LogP contribution >= 0.6 is 11.3 Å². The van der Waals surface area contributed by atoms with E-state index in [9.17, 15) is 4.79 Å². The van der Waals surface area contributed by atoms with Crippen LogP contribution < -0.4 is 4.90 Å². The summed E-state index contributed by atoms with van der Waals surface area (Å²) in [6.45, 7) is 2.45. The highest BCUT2D eigenvalue weighted by atomic mass is 32.1. The van der Waals surface area contributed by atoms with E-state index in [0.29, 0.717) is 6.54 Å². The summed E-state index contributed by atoms with van der Waals surface area (Å²) in [4.78, 5) is 23.1. The standard InChI is InChI=1S/C18H17N3OS/c1-14(16-4-2-7-19-10-16)18(22)21(12-15-6-9-23-13-15)17-5-3-8-20-11-17/h2-11,13-14H,12H2,1H3/t14-/m1/s1. The van der Waals surface area contributed by atoms with Crippen LogP contribution in [-0.4, -0.2) is 15.9 Å². The van der Waals surface area contributed by atoms with Crippen LogP contribution in [0.5, 0.6) is 0 Å². The molecule has 3 aromatic rings. The predicted molar refractivity (Wildman–Crippen MR) is 92.4 cm³/mol. The molecule has 1 atom stereocenters. The second-order valence-electron chi connectivity index (χ2n) is 5.28. The lowest BCUT2D eigenvalue weighted by atomic mass is 10.0. The molecule has 3 aromatic heterocycles. The van der Waals surface area contributed by atoms with E-state index in [1.54, 1.807) is 41.0 Å². The molecule has 0 aliphatic rings. The lowest BCUT2D eigenvalue weighted by Gasteiger charge is -2.25. The molecule has 5 heteroatoms. The maximum absolute atomic E-state index is 13.0. The largest absolute Gasteiger partial charge is 0.306 e. The van der Waals surface area contributed by atoms with Crippen LogP contribution in [-0.2, 0) is 11.3 Å². The molecule has 116 valence electrons. The molecule has 1 amide bonds. The Balaban J connectivity index is 1.89. The van der Waals surface area contributed by atoms with E-state index in [0.717, 1.165) is 16.8 Å². The number of anilines is 1. The molecule has 0 fully saturated rings. The van der Waals surface area contributed by atoms with Crippen molar-refractivity contribution in [1.29, 1.82) is 0 Å². The van der Waals surface area contributed by atoms with Crippen LogP contribution in [0, 0.1) is 0 Å². The van der Waals surface area contributed by atoms with E-state index >= 15 is 0 Å². The zero-order valence-corrected chi connectivity index (χ0v) is 13.6. The minimum atomic E-state index is -0.262. The molecule has 23 heavy (non-hydrogen) atoms. The van der Waals surface area contributed by atoms with E-state index in [4.69, 9.17) is 0 Å². The summed E-state index contributed by atoms with van der Waals surface area (Å²) in [6.07, 6.45) is 6.89. The fourth-order valence-corrected chi connectivity index (χ4v) is 3.04. The quantitative estimate of drug-likeness (QED) is 0.716. The van der Waals surface area contributed by atoms with Crippen molar-refractivity contribution in [2.45, 2.75) is 19.4 Å². The first-order chi connectivity index (χ1) is 11.3. The zero-order chi connectivity index (χ0) is 16.1. The molecular formula is C18H17N3OS. The summed E-state index contributed by atoms with van der Waals surface area (Å²) < 4.78 is 0. The highest BCUT2D eigenvalue weighted by Crippen LogP contribution is 2.24. The van der Waals surface area contributed by atoms with Gasteiger partial charge in [-0.05, 0) is 53.1 Å². The van der Waals surface area contributed by atoms with Crippen molar-refractivity contribution in [3.63, 3.8) is 0 Å². The van der Waals surface area contributed by atoms with Gasteiger partial charge in [-0.25, -0.2) is 0 Å². The Kier molecular flexibility index (Phi) is 4.78. The van der Waals surface area contributed by atoms with Crippen LogP contribution in [0.25, 0.3) is 0 Å². The van der Waals surface area contributed by atoms with Gasteiger partial charge in [0.2, 0.25) is 5.91 Å². The monoisotopic (exact) mass is 323 g/mol. The normalized spacial score (nSPS) is 11.9. The second-order valence-corrected chi connectivity index (χ2v) is 6.06. The van der Waals surface area contributed by atoms with Crippen molar-refractivity contribution in [1.82, 2.24) is 9.97 Å². The number of hydrogen-bond donors (Lipinski definition) is 0. The van der Waals surface area contributed by atoms with Gasteiger partial charge >= 0.3 is 0 Å². The van der Waals surface area contributed by atoms with E-state index in [2.05, 4.69) is 15.3 Å². The zero-order valence-electron chi connectivity index (χ0n) is 12.8. The minimum Gasteiger partial charge on any atom is -0.306 e. The van der Waals surface area contributed by atoms with Gasteiger partial charge in [-0.3, -0.25) is 14.8 Å². The Hall–Kier alpha value is -2.53. The molecule has 3 heterocycles. The minimum absolute atomic E-state index is 0.0391. The Morgan fingerprint density at radius 3 is 2.57 bits per heavy atom. The van der Waals surface area contributed by atoms with Gasteiger partial charge in [0.25, 0.3) is 0 Å². The predicted octanol–water partition coefficient (Wildman–Crippen LogP) is 3.88. The van der Waals surface area contributed by atoms with Crippen molar-refractivity contribution in [2.24, 2.45) is 0 Å². The molecule has 0 bridgehead atoms. The molecule has 0 saturated heterocycles. The Bertz CT molecular complexity index is 744. The van der Waals surface area contributed by atoms with Gasteiger partial charge in [0.05, 0.1) is 24.3 Å². The van der Waals surface area contributed by atoms with Gasteiger partial charge in [0, 0.05) is 18.6 Å². The average Bonchev–Trinajstić information content (AvgIpc) is 3.13. The summed E-state index contributed by atoms with van der Waals surface area (Å²) in [5.74, 6) is -0.222. The third-order valence-corrected chi connectivity index (χ3v) is 4.43. The molecular weight excluding hydrogens is 306 g/mol. The van der Waals surface area contributed by atoms with Gasteiger partial charge in [0.15, 0.2) is 0 Å². The van der Waals surface area contributed by atoms with E-state index in [1.165, 1.54) is 0 Å². The van der Waals surface area contributed by atoms with Gasteiger partial charge in [-0.2, -0.15) is 11.3 Å². The Morgan fingerprint density at radius 1 is 1.17 bits per heavy atom. The van der Waals surface area contributed by atoms with Gasteiger partial charge in [-0.15, -0.1) is 0 Å². The van der Waals surface area contributed by atoms with Gasteiger partial charge < -0.3 is 4.90 Å². The third-order valence-electron chi connectivity index (χ3n) is 3.70. The van der Waals surface area contributed by atoms with E-state index < -0.39 is 0 Å². The van der Waals surface area contributed by atoms with Crippen LogP contribution in [0.15, 0.2) is 65.9 Å². The lowest BCUT2D eigenvalue weighted by Crippen LogP contribution is -2.33. The molecule has 0 spiro atoms. The van der Waals surface area contributed by atoms with Crippen molar-refractivity contribution < 1.29 is 4.79 Å². The summed E-state index contributed by atoms with van der Waals surface area (Å²) >= 11 is 1.63. The number of amides is 1. The van der Waals surface area contributed by atoms with Crippen LogP contribution in [0.4, 0.5) is 5.69 Å². The molecule has 0 radical (unpaired) electrons. The number of carbonyl (C=O) groups excluding carboxylic acids is 1. The summed E-state index contributed by atoms with van der Waals surface area (Å²) in [6, 6.07) is 9.58. The van der Waals surface area contributed by atoms with Crippen molar-refractivity contribution >= 4 is 22.9 Å². The first kappa shape index (κ1) is 15.4. The summed E-state index contributed by atoms with van der Waals surface area (Å²) in [5, 5.41) is 4.08. The Labute approximate surface area is 139 Å². The first-order valence-electron chi connectivity index (χ1n) is 7.38. The van der Waals surface area contributed by atoms with Gasteiger partial charge in [0.1, 0.15) is 0 Å². The topological polar surface area (TPSA) is 46.1 Å². The van der Waals surface area contributed by atoms with Crippen molar-refractivity contribution in [2.75, 3.05) is 4.90 Å². The highest BCUT2D eigenvalue weighted by molar-refractivity contribution is 7.07. The number of hydrogen-bond acceptors (Lipinski definition) is 4. The van der Waals surface area contributed by atoms with Crippen LogP contribution in [0.1, 0.15) is 24.0 Å². The maximum Gasteiger partial charge on any atom is 0.234 e. The highest BCUT2D eigenvalue weighted by Gasteiger charge is 2.24. The van der Waals surface area contributed by atoms with Crippen LogP contribution in [0.3, 0.4) is 0 Å². The molecule has 0 aromatic carbocycles. The lowest BCUT2D eigenvalue weighted by molar-refractivity contribution is -0.119. The summed E-state index contributed by atoms with van der Waals surface area (Å²) in [5.41, 5.74) is 2.83. The molecule has 3 rings (SSSR count). The van der Waals surface area contributed by atoms with Crippen LogP contribution in [0.2, 0.25) is 0 Å². The van der Waals surface area contributed by atoms with E-state index in [1.807, 2.05) is 42.6 Å². The number of aromatic nitrogens is 2. The fraction of sp³-hybridized carbons (Fsp3) is 0.167. The molecule has 0 saturated carbocycles. The average molecular weight is 323 g/mol. The second kappa shape index (κ2) is 7.15. The number of thiophene rings is 1. The summed E-state index contributed by atoms with van der Waals surface area (Å²) in [7, 11) is 0. The molecule has 0 aliphatic heterocycles. The molecule has 4 nitrogen and oxygen atoms in total. The molecule has 0 unspecified atom stereocenters. The number of nitrogens with zero attached hydrogens (tertiary/aromatic N) is 3.